The van der Waals surface area contributed by atoms with Gasteiger partial charge in [0.2, 0.25) is 0 Å². The quantitative estimate of drug-likeness (QED) is 0.0630. The largest absolute Gasteiger partial charge is 0.311 e. The lowest BCUT2D eigenvalue weighted by Gasteiger charge is -2.26. The van der Waals surface area contributed by atoms with Gasteiger partial charge in [0, 0.05) is 81.5 Å². The van der Waals surface area contributed by atoms with Gasteiger partial charge in [-0.1, -0.05) is 352 Å². The van der Waals surface area contributed by atoms with E-state index in [-0.39, 0.29) is 0 Å². The van der Waals surface area contributed by atoms with Crippen LogP contribution in [0.1, 0.15) is 65.4 Å². The van der Waals surface area contributed by atoms with Crippen molar-refractivity contribution in [3.8, 4) is 43.1 Å². The van der Waals surface area contributed by atoms with Crippen LogP contribution in [-0.2, 0) is 0 Å². The molecule has 16 aromatic carbocycles. The van der Waals surface area contributed by atoms with Crippen LogP contribution in [0, 0.1) is 0 Å². The molecule has 6 nitrogen and oxygen atoms in total. The fourth-order valence-corrected chi connectivity index (χ4v) is 19.9. The Hall–Kier alpha value is -14.6. The third-order valence-corrected chi connectivity index (χ3v) is 25.4. The average Bonchev–Trinajstić information content (AvgIpc) is 1.57. The molecule has 0 bridgehead atoms. The van der Waals surface area contributed by atoms with Gasteiger partial charge in [0.05, 0.1) is 23.5 Å². The summed E-state index contributed by atoms with van der Waals surface area (Å²) in [5.41, 5.74) is 34.1. The van der Waals surface area contributed by atoms with Gasteiger partial charge in [0.15, 0.2) is 0 Å². The first kappa shape index (κ1) is 74.2. The lowest BCUT2D eigenvalue weighted by molar-refractivity contribution is 1.28. The summed E-state index contributed by atoms with van der Waals surface area (Å²) in [6.45, 7) is 0. The maximum atomic E-state index is 5.16. The second-order valence-corrected chi connectivity index (χ2v) is 32.5. The van der Waals surface area contributed by atoms with E-state index in [1.807, 2.05) is 0 Å². The van der Waals surface area contributed by atoms with Crippen LogP contribution < -0.4 is 9.80 Å². The predicted octanol–water partition coefficient (Wildman–Crippen LogP) is 30.4. The van der Waals surface area contributed by atoms with Crippen LogP contribution in [0.15, 0.2) is 449 Å². The summed E-state index contributed by atoms with van der Waals surface area (Å²) >= 11 is 6.08. The molecule has 4 aromatic heterocycles. The fraction of sp³-hybridized carbons (Fsp3) is 0. The van der Waals surface area contributed by atoms with Crippen molar-refractivity contribution in [3.05, 3.63) is 514 Å². The van der Waals surface area contributed by atoms with Gasteiger partial charge in [-0.15, -0.1) is 22.7 Å². The number of nitrogens with zero attached hydrogens (tertiary/aromatic N) is 6. The van der Waals surface area contributed by atoms with Gasteiger partial charge in [-0.05, 0) is 192 Å². The summed E-state index contributed by atoms with van der Waals surface area (Å²) in [6.07, 6.45) is 0. The van der Waals surface area contributed by atoms with Crippen LogP contribution >= 0.6 is 46.1 Å². The zero-order valence-electron chi connectivity index (χ0n) is 65.0. The van der Waals surface area contributed by atoms with Crippen molar-refractivity contribution in [1.29, 1.82) is 0 Å². The minimum atomic E-state index is 0.864. The van der Waals surface area contributed by atoms with Gasteiger partial charge in [0.25, 0.3) is 0 Å². The molecular weight excluding hydrogens is 1530 g/mol. The highest BCUT2D eigenvalue weighted by molar-refractivity contribution is 7.19. The van der Waals surface area contributed by atoms with E-state index in [1.54, 1.807) is 22.7 Å². The number of hydrogen-bond donors (Lipinski definition) is 0. The van der Waals surface area contributed by atoms with E-state index in [9.17, 15) is 0 Å². The van der Waals surface area contributed by atoms with E-state index in [1.165, 1.54) is 34.6 Å². The summed E-state index contributed by atoms with van der Waals surface area (Å²) in [5, 5.41) is 0. The number of aromatic nitrogens is 4. The molecule has 0 saturated carbocycles. The molecule has 0 saturated heterocycles. The molecule has 0 N–H and O–H groups in total. The Labute approximate surface area is 714 Å². The SMILES string of the molecule is c1ccc(C(=C(c2ccccc2)c2ccc(-c3ccc(-c4ccc(C(=C(c5ccc(N(c6ccccc6)c6ccccc6)cc5)c5ccc(N(c6ccccc6)c6ccccc6)cc5)c5ccc(-c6ccc(-c7ccc(C(=C(c8ccccc8)c8ccccc8)c8ccccc8)cc7)c7nsnc67)s5)s4)c4nsnc34)cc2)c2ccccc2)cc1. The van der Waals surface area contributed by atoms with Gasteiger partial charge in [0.1, 0.15) is 22.1 Å². The van der Waals surface area contributed by atoms with E-state index < -0.39 is 0 Å². The van der Waals surface area contributed by atoms with Gasteiger partial charge < -0.3 is 9.80 Å². The smallest absolute Gasteiger partial charge is 0.114 e. The topological polar surface area (TPSA) is 58.0 Å². The predicted molar refractivity (Wildman–Crippen MR) is 508 cm³/mol. The van der Waals surface area contributed by atoms with E-state index >= 15 is 0 Å². The highest BCUT2D eigenvalue weighted by atomic mass is 32.1. The van der Waals surface area contributed by atoms with Gasteiger partial charge in [-0.25, -0.2) is 0 Å². The van der Waals surface area contributed by atoms with Crippen LogP contribution in [-0.4, -0.2) is 17.5 Å². The number of thiophene rings is 2. The summed E-state index contributed by atoms with van der Waals surface area (Å²) in [6, 6.07) is 162. The van der Waals surface area contributed by atoms with Crippen LogP contribution in [0.5, 0.6) is 0 Å². The Morgan fingerprint density at radius 1 is 0.167 bits per heavy atom. The first-order valence-corrected chi connectivity index (χ1v) is 43.2. The zero-order valence-corrected chi connectivity index (χ0v) is 68.3. The molecule has 0 unspecified atom stereocenters. The number of fused-ring (bicyclic) bond motifs is 2. The zero-order chi connectivity index (χ0) is 79.9. The monoisotopic (exact) mass is 1610 g/mol. The van der Waals surface area contributed by atoms with Crippen molar-refractivity contribution in [2.75, 3.05) is 9.80 Å². The number of para-hydroxylation sites is 4. The van der Waals surface area contributed by atoms with E-state index in [0.29, 0.717) is 0 Å². The maximum Gasteiger partial charge on any atom is 0.114 e. The fourth-order valence-electron chi connectivity index (χ4n) is 16.5. The molecule has 20 aromatic rings. The normalized spacial score (nSPS) is 11.2. The second-order valence-electron chi connectivity index (χ2n) is 29.3. The minimum absolute atomic E-state index is 0.864. The average molecular weight is 1610 g/mol. The molecule has 20 rings (SSSR count). The van der Waals surface area contributed by atoms with Crippen LogP contribution in [0.25, 0.3) is 98.6 Å². The molecule has 0 radical (unpaired) electrons. The first-order valence-electron chi connectivity index (χ1n) is 40.1. The molecule has 0 aliphatic rings. The van der Waals surface area contributed by atoms with Crippen molar-refractivity contribution < 1.29 is 0 Å². The van der Waals surface area contributed by atoms with E-state index in [4.69, 9.17) is 17.5 Å². The number of anilines is 6. The molecule has 568 valence electrons. The molecule has 0 spiro atoms. The summed E-state index contributed by atoms with van der Waals surface area (Å²) in [7, 11) is 0. The van der Waals surface area contributed by atoms with Gasteiger partial charge in [-0.2, -0.15) is 17.5 Å². The van der Waals surface area contributed by atoms with Crippen LogP contribution in [0.2, 0.25) is 0 Å². The number of benzene rings is 16. The van der Waals surface area contributed by atoms with Gasteiger partial charge in [-0.3, -0.25) is 0 Å². The molecule has 10 heteroatoms. The number of rotatable bonds is 22. The Bertz CT molecular complexity index is 6450. The Balaban J connectivity index is 0.730. The first-order chi connectivity index (χ1) is 59.6. The summed E-state index contributed by atoms with van der Waals surface area (Å²) < 4.78 is 20.6. The van der Waals surface area contributed by atoms with E-state index in [0.717, 1.165) is 187 Å². The highest BCUT2D eigenvalue weighted by Gasteiger charge is 2.27. The molecule has 0 fully saturated rings. The lowest BCUT2D eigenvalue weighted by atomic mass is 9.85. The number of hydrogen-bond acceptors (Lipinski definition) is 10. The molecule has 4 heterocycles. The van der Waals surface area contributed by atoms with Crippen molar-refractivity contribution in [1.82, 2.24) is 17.5 Å². The molecule has 0 atom stereocenters. The van der Waals surface area contributed by atoms with Crippen LogP contribution in [0.3, 0.4) is 0 Å². The molecule has 0 aliphatic carbocycles. The minimum Gasteiger partial charge on any atom is -0.311 e. The maximum absolute atomic E-state index is 5.16. The van der Waals surface area contributed by atoms with Crippen molar-refractivity contribution >= 4 is 136 Å². The molecule has 0 aliphatic heterocycles. The molecule has 0 amide bonds. The Morgan fingerprint density at radius 3 is 0.625 bits per heavy atom. The Morgan fingerprint density at radius 2 is 0.367 bits per heavy atom. The summed E-state index contributed by atoms with van der Waals surface area (Å²) in [4.78, 5) is 9.01. The van der Waals surface area contributed by atoms with Crippen LogP contribution in [0.4, 0.5) is 34.1 Å². The highest BCUT2D eigenvalue weighted by Crippen LogP contribution is 2.50. The summed E-state index contributed by atoms with van der Waals surface area (Å²) in [5.74, 6) is 0. The third-order valence-electron chi connectivity index (χ3n) is 22.0. The Kier molecular flexibility index (Phi) is 21.0. The standard InChI is InChI=1S/C110H74N6S4/c1-11-31-77(32-12-1)101(78-33-13-2-14-34-78)103(81-39-19-5-20-40-81)83-55-51-75(52-56-83)93-67-69-95(109-107(93)111-119-113-109)97-71-73-99(117-97)106(105(85-59-63-91(64-60-85)115(87-43-23-7-24-44-87)88-45-25-8-26-46-88)86-61-65-92(66-62-86)116(89-47-27-9-28-48-89)90-49-29-10-30-50-90)100-74-72-98(118-100)96-70-68-94(108-110(96)114-120-112-108)76-53-57-84(58-54-76)104(82-41-21-6-22-42-82)102(79-35-15-3-16-36-79)80-37-17-4-18-38-80/h1-74H. The molecular formula is C110H74N6S4. The van der Waals surface area contributed by atoms with Crippen molar-refractivity contribution in [2.45, 2.75) is 0 Å². The third kappa shape index (κ3) is 14.9. The van der Waals surface area contributed by atoms with Crippen molar-refractivity contribution in [2.24, 2.45) is 0 Å². The van der Waals surface area contributed by atoms with E-state index in [2.05, 4.69) is 459 Å². The second kappa shape index (κ2) is 33.9. The lowest BCUT2D eigenvalue weighted by Crippen LogP contribution is -2.10. The van der Waals surface area contributed by atoms with Gasteiger partial charge >= 0.3 is 0 Å². The van der Waals surface area contributed by atoms with Crippen molar-refractivity contribution in [3.63, 3.8) is 0 Å². The molecule has 120 heavy (non-hydrogen) atoms.